The molecular weight excluding hydrogens is 284 g/mol. The number of benzene rings is 1. The highest BCUT2D eigenvalue weighted by Crippen LogP contribution is 2.29. The van der Waals surface area contributed by atoms with Crippen LogP contribution in [0.1, 0.15) is 52.1 Å². The first kappa shape index (κ1) is 16.7. The summed E-state index contributed by atoms with van der Waals surface area (Å²) in [5.41, 5.74) is 0.750. The molecule has 1 rings (SSSR count). The van der Waals surface area contributed by atoms with E-state index in [9.17, 15) is 4.39 Å². The molecule has 0 saturated carbocycles. The van der Waals surface area contributed by atoms with E-state index in [1.54, 1.807) is 0 Å². The molecular formula is C15H22Cl2FN. The zero-order chi connectivity index (χ0) is 14.6. The largest absolute Gasteiger partial charge is 0.308 e. The van der Waals surface area contributed by atoms with Gasteiger partial charge in [0.15, 0.2) is 0 Å². The van der Waals surface area contributed by atoms with Gasteiger partial charge in [-0.05, 0) is 43.9 Å². The highest BCUT2D eigenvalue weighted by Gasteiger charge is 2.16. The van der Waals surface area contributed by atoms with Crippen molar-refractivity contribution in [2.45, 2.75) is 52.6 Å². The fourth-order valence-corrected chi connectivity index (χ4v) is 2.77. The van der Waals surface area contributed by atoms with Gasteiger partial charge in [-0.2, -0.15) is 0 Å². The molecule has 0 aliphatic rings. The van der Waals surface area contributed by atoms with Crippen LogP contribution in [-0.4, -0.2) is 6.04 Å². The second-order valence-electron chi connectivity index (χ2n) is 5.33. The monoisotopic (exact) mass is 305 g/mol. The van der Waals surface area contributed by atoms with E-state index >= 15 is 0 Å². The number of hydrogen-bond acceptors (Lipinski definition) is 1. The van der Waals surface area contributed by atoms with Gasteiger partial charge in [-0.3, -0.25) is 0 Å². The molecule has 3 unspecified atom stereocenters. The first-order chi connectivity index (χ1) is 8.85. The molecule has 19 heavy (non-hydrogen) atoms. The van der Waals surface area contributed by atoms with Crippen molar-refractivity contribution >= 4 is 23.2 Å². The Hall–Kier alpha value is -0.310. The van der Waals surface area contributed by atoms with Crippen molar-refractivity contribution in [2.75, 3.05) is 0 Å². The van der Waals surface area contributed by atoms with Gasteiger partial charge in [-0.25, -0.2) is 4.39 Å². The van der Waals surface area contributed by atoms with Crippen LogP contribution in [0.4, 0.5) is 4.39 Å². The summed E-state index contributed by atoms with van der Waals surface area (Å²) < 4.78 is 13.5. The zero-order valence-corrected chi connectivity index (χ0v) is 13.4. The Labute approximate surface area is 125 Å². The molecule has 0 aromatic heterocycles. The van der Waals surface area contributed by atoms with Crippen molar-refractivity contribution in [1.29, 1.82) is 0 Å². The summed E-state index contributed by atoms with van der Waals surface area (Å²) in [6, 6.07) is 3.24. The Balaban J connectivity index is 2.73. The minimum Gasteiger partial charge on any atom is -0.308 e. The topological polar surface area (TPSA) is 12.0 Å². The van der Waals surface area contributed by atoms with E-state index in [1.165, 1.54) is 12.1 Å². The summed E-state index contributed by atoms with van der Waals surface area (Å²) in [7, 11) is 0. The maximum atomic E-state index is 13.5. The summed E-state index contributed by atoms with van der Waals surface area (Å²) in [6.45, 7) is 8.55. The third kappa shape index (κ3) is 4.94. The maximum Gasteiger partial charge on any atom is 0.142 e. The van der Waals surface area contributed by atoms with Gasteiger partial charge in [0, 0.05) is 17.1 Å². The van der Waals surface area contributed by atoms with E-state index in [1.807, 2.05) is 6.92 Å². The van der Waals surface area contributed by atoms with Crippen molar-refractivity contribution in [1.82, 2.24) is 5.32 Å². The van der Waals surface area contributed by atoms with Crippen LogP contribution in [0.2, 0.25) is 10.0 Å². The molecule has 3 atom stereocenters. The molecule has 0 fully saturated rings. The molecule has 0 heterocycles. The molecule has 0 spiro atoms. The standard InChI is InChI=1S/C15H22Cl2FN/c1-5-9(2)6-10(3)19-11(4)12-7-15(18)14(17)8-13(12)16/h7-11,19H,5-6H2,1-4H3. The summed E-state index contributed by atoms with van der Waals surface area (Å²) in [5, 5.41) is 4.02. The van der Waals surface area contributed by atoms with Crippen LogP contribution in [0.3, 0.4) is 0 Å². The normalized spacial score (nSPS) is 16.2. The molecule has 0 saturated heterocycles. The van der Waals surface area contributed by atoms with Gasteiger partial charge in [0.25, 0.3) is 0 Å². The predicted octanol–water partition coefficient (Wildman–Crippen LogP) is 5.61. The lowest BCUT2D eigenvalue weighted by atomic mass is 9.99. The third-order valence-corrected chi connectivity index (χ3v) is 4.11. The highest BCUT2D eigenvalue weighted by molar-refractivity contribution is 6.35. The first-order valence-corrected chi connectivity index (χ1v) is 7.51. The van der Waals surface area contributed by atoms with Gasteiger partial charge >= 0.3 is 0 Å². The van der Waals surface area contributed by atoms with Crippen LogP contribution >= 0.6 is 23.2 Å². The van der Waals surface area contributed by atoms with E-state index in [0.29, 0.717) is 17.0 Å². The van der Waals surface area contributed by atoms with Crippen LogP contribution < -0.4 is 5.32 Å². The fourth-order valence-electron chi connectivity index (χ4n) is 2.22. The lowest BCUT2D eigenvalue weighted by molar-refractivity contribution is 0.385. The van der Waals surface area contributed by atoms with Gasteiger partial charge in [0.2, 0.25) is 0 Å². The van der Waals surface area contributed by atoms with Crippen LogP contribution in [0.25, 0.3) is 0 Å². The van der Waals surface area contributed by atoms with E-state index in [2.05, 4.69) is 26.1 Å². The van der Waals surface area contributed by atoms with Gasteiger partial charge < -0.3 is 5.32 Å². The van der Waals surface area contributed by atoms with E-state index < -0.39 is 5.82 Å². The number of rotatable bonds is 6. The molecule has 0 aliphatic carbocycles. The summed E-state index contributed by atoms with van der Waals surface area (Å²) in [5.74, 6) is 0.247. The van der Waals surface area contributed by atoms with Crippen molar-refractivity contribution < 1.29 is 4.39 Å². The van der Waals surface area contributed by atoms with E-state index in [4.69, 9.17) is 23.2 Å². The molecule has 1 nitrogen and oxygen atoms in total. The van der Waals surface area contributed by atoms with Gasteiger partial charge in [-0.15, -0.1) is 0 Å². The number of halogens is 3. The Bertz CT molecular complexity index is 423. The predicted molar refractivity (Wildman–Crippen MR) is 81.5 cm³/mol. The molecule has 108 valence electrons. The molecule has 0 bridgehead atoms. The Morgan fingerprint density at radius 3 is 2.37 bits per heavy atom. The quantitative estimate of drug-likeness (QED) is 0.674. The average molecular weight is 306 g/mol. The van der Waals surface area contributed by atoms with Crippen molar-refractivity contribution in [3.63, 3.8) is 0 Å². The van der Waals surface area contributed by atoms with Crippen molar-refractivity contribution in [3.8, 4) is 0 Å². The van der Waals surface area contributed by atoms with Crippen LogP contribution in [0.15, 0.2) is 12.1 Å². The molecule has 1 aromatic rings. The van der Waals surface area contributed by atoms with Crippen molar-refractivity contribution in [2.24, 2.45) is 5.92 Å². The third-order valence-electron chi connectivity index (χ3n) is 3.49. The Kier molecular flexibility index (Phi) is 6.58. The second kappa shape index (κ2) is 7.47. The lowest BCUT2D eigenvalue weighted by Crippen LogP contribution is -2.30. The molecule has 1 N–H and O–H groups in total. The van der Waals surface area contributed by atoms with Crippen LogP contribution in [0.5, 0.6) is 0 Å². The summed E-state index contributed by atoms with van der Waals surface area (Å²) in [6.07, 6.45) is 2.26. The lowest BCUT2D eigenvalue weighted by Gasteiger charge is -2.23. The first-order valence-electron chi connectivity index (χ1n) is 6.75. The highest BCUT2D eigenvalue weighted by atomic mass is 35.5. The van der Waals surface area contributed by atoms with E-state index in [-0.39, 0.29) is 11.1 Å². The molecule has 0 amide bonds. The minimum absolute atomic E-state index is 0.00155. The van der Waals surface area contributed by atoms with Crippen molar-refractivity contribution in [3.05, 3.63) is 33.6 Å². The zero-order valence-electron chi connectivity index (χ0n) is 11.9. The molecule has 0 aliphatic heterocycles. The van der Waals surface area contributed by atoms with Gasteiger partial charge in [0.1, 0.15) is 5.82 Å². The minimum atomic E-state index is -0.427. The number of nitrogens with one attached hydrogen (secondary N) is 1. The molecule has 0 radical (unpaired) electrons. The smallest absolute Gasteiger partial charge is 0.142 e. The molecule has 4 heteroatoms. The SMILES string of the molecule is CCC(C)CC(C)NC(C)c1cc(F)c(Cl)cc1Cl. The summed E-state index contributed by atoms with van der Waals surface area (Å²) in [4.78, 5) is 0. The van der Waals surface area contributed by atoms with E-state index in [0.717, 1.165) is 18.4 Å². The maximum absolute atomic E-state index is 13.5. The average Bonchev–Trinajstić information content (AvgIpc) is 2.33. The van der Waals surface area contributed by atoms with Crippen LogP contribution in [0, 0.1) is 11.7 Å². The van der Waals surface area contributed by atoms with Crippen LogP contribution in [-0.2, 0) is 0 Å². The Morgan fingerprint density at radius 2 is 1.79 bits per heavy atom. The van der Waals surface area contributed by atoms with Gasteiger partial charge in [0.05, 0.1) is 5.02 Å². The molecule has 1 aromatic carbocycles. The summed E-state index contributed by atoms with van der Waals surface area (Å²) >= 11 is 11.8. The second-order valence-corrected chi connectivity index (χ2v) is 6.14. The van der Waals surface area contributed by atoms with Gasteiger partial charge in [-0.1, -0.05) is 43.5 Å². The fraction of sp³-hybridized carbons (Fsp3) is 0.600. The Morgan fingerprint density at radius 1 is 1.16 bits per heavy atom. The number of hydrogen-bond donors (Lipinski definition) is 1.